The van der Waals surface area contributed by atoms with Gasteiger partial charge in [0.1, 0.15) is 11.6 Å². The molecule has 4 aliphatic rings. The fourth-order valence-corrected chi connectivity index (χ4v) is 7.89. The van der Waals surface area contributed by atoms with Crippen molar-refractivity contribution in [3.8, 4) is 0 Å². The lowest BCUT2D eigenvalue weighted by Crippen LogP contribution is -2.62. The average Bonchev–Trinajstić information content (AvgIpc) is 2.85. The van der Waals surface area contributed by atoms with Crippen molar-refractivity contribution in [1.82, 2.24) is 0 Å². The van der Waals surface area contributed by atoms with E-state index in [1.54, 1.807) is 6.92 Å². The second-order valence-corrected chi connectivity index (χ2v) is 9.97. The van der Waals surface area contributed by atoms with Crippen molar-refractivity contribution in [2.24, 2.45) is 40.4 Å². The Hall–Kier alpha value is -0.740. The normalized spacial score (nSPS) is 55.2. The zero-order chi connectivity index (χ0) is 18.1. The minimum Gasteiger partial charge on any atom is -0.393 e. The average molecular weight is 348 g/mol. The van der Waals surface area contributed by atoms with Crippen molar-refractivity contribution >= 4 is 11.6 Å². The molecule has 0 amide bonds. The van der Waals surface area contributed by atoms with Gasteiger partial charge in [0.15, 0.2) is 0 Å². The molecule has 4 heteroatoms. The van der Waals surface area contributed by atoms with E-state index in [2.05, 4.69) is 13.8 Å². The summed E-state index contributed by atoms with van der Waals surface area (Å²) in [5.74, 6) is 1.36. The highest BCUT2D eigenvalue weighted by molar-refractivity contribution is 5.80. The summed E-state index contributed by atoms with van der Waals surface area (Å²) in [4.78, 5) is 24.2. The van der Waals surface area contributed by atoms with Gasteiger partial charge in [0.2, 0.25) is 0 Å². The molecule has 0 radical (unpaired) electrons. The zero-order valence-electron chi connectivity index (χ0n) is 15.7. The summed E-state index contributed by atoms with van der Waals surface area (Å²) in [5.41, 5.74) is -0.300. The summed E-state index contributed by atoms with van der Waals surface area (Å²) < 4.78 is 0. The smallest absolute Gasteiger partial charge is 0.133 e. The molecule has 0 aromatic heterocycles. The molecule has 25 heavy (non-hydrogen) atoms. The molecule has 4 fully saturated rings. The van der Waals surface area contributed by atoms with Crippen LogP contribution in [0, 0.1) is 40.4 Å². The van der Waals surface area contributed by atoms with Gasteiger partial charge in [-0.1, -0.05) is 13.8 Å². The molecule has 0 heterocycles. The highest BCUT2D eigenvalue weighted by atomic mass is 16.3. The molecule has 0 aromatic rings. The van der Waals surface area contributed by atoms with Crippen LogP contribution in [0.2, 0.25) is 0 Å². The van der Waals surface area contributed by atoms with Crippen LogP contribution >= 0.6 is 0 Å². The van der Waals surface area contributed by atoms with E-state index in [1.807, 2.05) is 0 Å². The third-order valence-electron chi connectivity index (χ3n) is 8.92. The molecule has 9 atom stereocenters. The maximum absolute atomic E-state index is 12.2. The van der Waals surface area contributed by atoms with Crippen LogP contribution in [0.5, 0.6) is 0 Å². The Morgan fingerprint density at radius 3 is 2.48 bits per heavy atom. The third kappa shape index (κ3) is 2.32. The van der Waals surface area contributed by atoms with Gasteiger partial charge in [-0.05, 0) is 73.5 Å². The Balaban J connectivity index is 1.72. The first-order valence-electron chi connectivity index (χ1n) is 10.1. The molecule has 140 valence electrons. The number of aliphatic hydroxyl groups excluding tert-OH is 2. The molecule has 1 unspecified atom stereocenters. The standard InChI is InChI=1S/C21H32O4/c1-11(22)14-4-5-15-13-9-17(24)16-8-12(23)6-7-20(16,2)19(13)18(25)10-21(14,15)3/h13-19,24-25H,4-10H2,1-3H3/t13-,14+,15-,16?,17+,18+,19+,20-,21+/m0/s1. The summed E-state index contributed by atoms with van der Waals surface area (Å²) in [6.07, 6.45) is 4.25. The lowest BCUT2D eigenvalue weighted by Gasteiger charge is -2.62. The van der Waals surface area contributed by atoms with Gasteiger partial charge in [0.05, 0.1) is 12.2 Å². The lowest BCUT2D eigenvalue weighted by molar-refractivity contribution is -0.199. The van der Waals surface area contributed by atoms with Crippen molar-refractivity contribution < 1.29 is 19.8 Å². The Labute approximate surface area is 150 Å². The number of carbonyl (C=O) groups is 2. The van der Waals surface area contributed by atoms with Crippen molar-refractivity contribution in [2.75, 3.05) is 0 Å². The van der Waals surface area contributed by atoms with Crippen LogP contribution in [0.4, 0.5) is 0 Å². The monoisotopic (exact) mass is 348 g/mol. The fraction of sp³-hybridized carbons (Fsp3) is 0.905. The SMILES string of the molecule is CC(=O)[C@H]1CC[C@H]2[C@@H]3C[C@@H](O)C4CC(=O)CC[C@]4(C)[C@H]3[C@H](O)C[C@]12C. The molecule has 4 saturated carbocycles. The van der Waals surface area contributed by atoms with E-state index in [0.717, 1.165) is 19.3 Å². The van der Waals surface area contributed by atoms with Crippen LogP contribution in [-0.4, -0.2) is 34.0 Å². The molecular weight excluding hydrogens is 316 g/mol. The predicted octanol–water partition coefficient (Wildman–Crippen LogP) is 2.75. The minimum atomic E-state index is -0.457. The second kappa shape index (κ2) is 5.63. The van der Waals surface area contributed by atoms with E-state index in [4.69, 9.17) is 0 Å². The van der Waals surface area contributed by atoms with Gasteiger partial charge in [0, 0.05) is 18.8 Å². The molecule has 4 rings (SSSR count). The van der Waals surface area contributed by atoms with E-state index in [-0.39, 0.29) is 46.1 Å². The van der Waals surface area contributed by atoms with E-state index >= 15 is 0 Å². The largest absolute Gasteiger partial charge is 0.393 e. The minimum absolute atomic E-state index is 0.0148. The first kappa shape index (κ1) is 17.7. The van der Waals surface area contributed by atoms with Gasteiger partial charge in [-0.25, -0.2) is 0 Å². The number of carbonyl (C=O) groups excluding carboxylic acids is 2. The number of rotatable bonds is 1. The molecule has 0 aliphatic heterocycles. The van der Waals surface area contributed by atoms with Gasteiger partial charge < -0.3 is 10.2 Å². The summed E-state index contributed by atoms with van der Waals surface area (Å²) in [6, 6.07) is 0. The summed E-state index contributed by atoms with van der Waals surface area (Å²) >= 11 is 0. The van der Waals surface area contributed by atoms with Crippen molar-refractivity contribution in [2.45, 2.75) is 77.9 Å². The van der Waals surface area contributed by atoms with Crippen LogP contribution in [0.25, 0.3) is 0 Å². The Kier molecular flexibility index (Phi) is 3.98. The lowest BCUT2D eigenvalue weighted by atomic mass is 9.43. The van der Waals surface area contributed by atoms with E-state index in [1.165, 1.54) is 0 Å². The number of hydrogen-bond acceptors (Lipinski definition) is 4. The fourth-order valence-electron chi connectivity index (χ4n) is 7.89. The molecule has 0 saturated heterocycles. The van der Waals surface area contributed by atoms with Gasteiger partial charge in [-0.3, -0.25) is 9.59 Å². The topological polar surface area (TPSA) is 74.6 Å². The molecule has 0 bridgehead atoms. The van der Waals surface area contributed by atoms with Crippen LogP contribution in [0.1, 0.15) is 65.7 Å². The first-order valence-corrected chi connectivity index (χ1v) is 10.1. The Morgan fingerprint density at radius 1 is 1.08 bits per heavy atom. The van der Waals surface area contributed by atoms with E-state index in [9.17, 15) is 19.8 Å². The van der Waals surface area contributed by atoms with Crippen LogP contribution in [0.15, 0.2) is 0 Å². The number of fused-ring (bicyclic) bond motifs is 5. The molecule has 4 nitrogen and oxygen atoms in total. The first-order chi connectivity index (χ1) is 11.7. The number of Topliss-reactive ketones (excluding diaryl/α,β-unsaturated/α-hetero) is 2. The third-order valence-corrected chi connectivity index (χ3v) is 8.92. The summed E-state index contributed by atoms with van der Waals surface area (Å²) in [7, 11) is 0. The number of aliphatic hydroxyl groups is 2. The van der Waals surface area contributed by atoms with Gasteiger partial charge in [0.25, 0.3) is 0 Å². The van der Waals surface area contributed by atoms with Crippen LogP contribution < -0.4 is 0 Å². The van der Waals surface area contributed by atoms with Gasteiger partial charge in [-0.2, -0.15) is 0 Å². The molecular formula is C21H32O4. The maximum atomic E-state index is 12.2. The molecule has 2 N–H and O–H groups in total. The quantitative estimate of drug-likeness (QED) is 0.764. The molecule has 4 aliphatic carbocycles. The van der Waals surface area contributed by atoms with Crippen LogP contribution in [-0.2, 0) is 9.59 Å². The highest BCUT2D eigenvalue weighted by Crippen LogP contribution is 2.67. The highest BCUT2D eigenvalue weighted by Gasteiger charge is 2.65. The van der Waals surface area contributed by atoms with Gasteiger partial charge >= 0.3 is 0 Å². The van der Waals surface area contributed by atoms with E-state index in [0.29, 0.717) is 31.6 Å². The predicted molar refractivity (Wildman–Crippen MR) is 93.7 cm³/mol. The molecule has 0 spiro atoms. The van der Waals surface area contributed by atoms with E-state index < -0.39 is 12.2 Å². The number of hydrogen-bond donors (Lipinski definition) is 2. The molecule has 0 aromatic carbocycles. The van der Waals surface area contributed by atoms with Crippen molar-refractivity contribution in [3.63, 3.8) is 0 Å². The Morgan fingerprint density at radius 2 is 1.80 bits per heavy atom. The van der Waals surface area contributed by atoms with Crippen molar-refractivity contribution in [1.29, 1.82) is 0 Å². The second-order valence-electron chi connectivity index (χ2n) is 9.97. The maximum Gasteiger partial charge on any atom is 0.133 e. The van der Waals surface area contributed by atoms with Gasteiger partial charge in [-0.15, -0.1) is 0 Å². The summed E-state index contributed by atoms with van der Waals surface area (Å²) in [5, 5.41) is 22.1. The van der Waals surface area contributed by atoms with Crippen molar-refractivity contribution in [3.05, 3.63) is 0 Å². The van der Waals surface area contributed by atoms with Crippen LogP contribution in [0.3, 0.4) is 0 Å². The Bertz CT molecular complexity index is 601. The number of ketones is 2. The zero-order valence-corrected chi connectivity index (χ0v) is 15.7. The summed E-state index contributed by atoms with van der Waals surface area (Å²) in [6.45, 7) is 6.09.